The van der Waals surface area contributed by atoms with Crippen LogP contribution in [-0.4, -0.2) is 59.8 Å². The normalized spacial score (nSPS) is 14.0. The molecule has 1 aliphatic heterocycles. The summed E-state index contributed by atoms with van der Waals surface area (Å²) in [5.74, 6) is 0.142. The number of aliphatic hydroxyl groups is 1. The van der Waals surface area contributed by atoms with Crippen LogP contribution in [-0.2, 0) is 22.7 Å². The first-order chi connectivity index (χ1) is 23.7. The number of rotatable bonds is 15. The van der Waals surface area contributed by atoms with E-state index in [2.05, 4.69) is 35.0 Å². The van der Waals surface area contributed by atoms with Crippen molar-refractivity contribution in [3.05, 3.63) is 105 Å². The highest BCUT2D eigenvalue weighted by Gasteiger charge is 2.33. The molecule has 1 aliphatic rings. The Hall–Kier alpha value is -4.95. The van der Waals surface area contributed by atoms with Gasteiger partial charge in [0.15, 0.2) is 6.29 Å². The number of aromatic nitrogens is 1. The molecule has 254 valence electrons. The second kappa shape index (κ2) is 16.4. The third-order valence-electron chi connectivity index (χ3n) is 8.69. The van der Waals surface area contributed by atoms with Crippen LogP contribution in [0.4, 0.5) is 0 Å². The van der Waals surface area contributed by atoms with E-state index in [0.29, 0.717) is 67.9 Å². The van der Waals surface area contributed by atoms with Gasteiger partial charge in [-0.05, 0) is 66.3 Å². The monoisotopic (exact) mass is 683 g/mol. The number of hydrogen-bond donors (Lipinski definition) is 1. The fourth-order valence-corrected chi connectivity index (χ4v) is 6.05. The van der Waals surface area contributed by atoms with Crippen LogP contribution in [0.3, 0.4) is 0 Å². The van der Waals surface area contributed by atoms with Crippen LogP contribution < -0.4 is 14.2 Å². The van der Waals surface area contributed by atoms with E-state index in [1.54, 1.807) is 18.3 Å². The van der Waals surface area contributed by atoms with Crippen molar-refractivity contribution in [3.8, 4) is 34.4 Å². The highest BCUT2D eigenvalue weighted by Crippen LogP contribution is 2.36. The van der Waals surface area contributed by atoms with Crippen molar-refractivity contribution < 1.29 is 33.6 Å². The van der Waals surface area contributed by atoms with Crippen molar-refractivity contribution in [2.75, 3.05) is 26.2 Å². The summed E-state index contributed by atoms with van der Waals surface area (Å²) >= 11 is 6.50. The molecule has 0 spiro atoms. The number of carbonyl (C=O) groups excluding carboxylic acids is 2. The van der Waals surface area contributed by atoms with Gasteiger partial charge in [0.2, 0.25) is 5.79 Å². The molecule has 0 radical (unpaired) electrons. The molecule has 0 amide bonds. The fraction of sp³-hybridized carbons (Fsp3) is 0.316. The quantitative estimate of drug-likeness (QED) is 0.0832. The largest absolute Gasteiger partial charge is 0.493 e. The highest BCUT2D eigenvalue weighted by molar-refractivity contribution is 6.32. The first kappa shape index (κ1) is 35.4. The second-order valence-electron chi connectivity index (χ2n) is 11.9. The van der Waals surface area contributed by atoms with E-state index in [1.807, 2.05) is 31.2 Å². The van der Waals surface area contributed by atoms with Gasteiger partial charge >= 0.3 is 0 Å². The van der Waals surface area contributed by atoms with E-state index in [9.17, 15) is 14.7 Å². The topological polar surface area (TPSA) is 131 Å². The van der Waals surface area contributed by atoms with Gasteiger partial charge < -0.3 is 29.0 Å². The molecule has 0 atom stereocenters. The molecular weight excluding hydrogens is 646 g/mol. The fourth-order valence-electron chi connectivity index (χ4n) is 5.82. The highest BCUT2D eigenvalue weighted by atomic mass is 35.5. The number of halogens is 1. The molecule has 0 unspecified atom stereocenters. The molecule has 10 nitrogen and oxygen atoms in total. The van der Waals surface area contributed by atoms with Gasteiger partial charge in [0.25, 0.3) is 6.47 Å². The zero-order chi connectivity index (χ0) is 34.8. The van der Waals surface area contributed by atoms with Crippen LogP contribution >= 0.6 is 11.6 Å². The number of nitrogens with zero attached hydrogens (tertiary/aromatic N) is 3. The SMILES string of the molecule is Cc1c(COc2cc(OCc3cncc(C#N)c3)c(C=O)cc2Cl)cccc1-c1cccc(OCCCN2CCC(O)(OC=O)CC2)c1C. The van der Waals surface area contributed by atoms with Gasteiger partial charge in [-0.25, -0.2) is 0 Å². The number of benzene rings is 3. The maximum atomic E-state index is 11.8. The van der Waals surface area contributed by atoms with Crippen molar-refractivity contribution in [1.29, 1.82) is 5.26 Å². The number of carbonyl (C=O) groups is 2. The Balaban J connectivity index is 1.22. The van der Waals surface area contributed by atoms with Crippen LogP contribution in [0, 0.1) is 25.2 Å². The van der Waals surface area contributed by atoms with Crippen molar-refractivity contribution in [3.63, 3.8) is 0 Å². The van der Waals surface area contributed by atoms with Gasteiger partial charge in [-0.15, -0.1) is 0 Å². The number of piperidine rings is 1. The van der Waals surface area contributed by atoms with E-state index in [0.717, 1.165) is 46.5 Å². The smallest absolute Gasteiger partial charge is 0.295 e. The second-order valence-corrected chi connectivity index (χ2v) is 12.3. The van der Waals surface area contributed by atoms with Crippen molar-refractivity contribution in [1.82, 2.24) is 9.88 Å². The molecule has 4 aromatic rings. The lowest BCUT2D eigenvalue weighted by molar-refractivity contribution is -0.212. The number of hydrogen-bond acceptors (Lipinski definition) is 10. The van der Waals surface area contributed by atoms with Gasteiger partial charge in [-0.1, -0.05) is 41.9 Å². The van der Waals surface area contributed by atoms with Gasteiger partial charge in [-0.2, -0.15) is 5.26 Å². The lowest BCUT2D eigenvalue weighted by Gasteiger charge is -2.36. The lowest BCUT2D eigenvalue weighted by atomic mass is 9.93. The molecule has 1 aromatic heterocycles. The van der Waals surface area contributed by atoms with Gasteiger partial charge in [0.05, 0.1) is 22.8 Å². The molecule has 1 saturated heterocycles. The molecule has 1 N–H and O–H groups in total. The summed E-state index contributed by atoms with van der Waals surface area (Å²) in [5.41, 5.74) is 6.54. The Morgan fingerprint density at radius 2 is 1.67 bits per heavy atom. The van der Waals surface area contributed by atoms with E-state index < -0.39 is 5.79 Å². The molecule has 0 saturated carbocycles. The Morgan fingerprint density at radius 3 is 2.41 bits per heavy atom. The van der Waals surface area contributed by atoms with Crippen molar-refractivity contribution in [2.45, 2.75) is 52.1 Å². The van der Waals surface area contributed by atoms with Crippen molar-refractivity contribution >= 4 is 24.4 Å². The molecule has 5 rings (SSSR count). The predicted octanol–water partition coefficient (Wildman–Crippen LogP) is 6.59. The molecule has 2 heterocycles. The zero-order valence-electron chi connectivity index (χ0n) is 27.5. The first-order valence-corrected chi connectivity index (χ1v) is 16.4. The Kier molecular flexibility index (Phi) is 11.9. The Bertz CT molecular complexity index is 1830. The predicted molar refractivity (Wildman–Crippen MR) is 184 cm³/mol. The van der Waals surface area contributed by atoms with Gasteiger partial charge in [0, 0.05) is 56.5 Å². The van der Waals surface area contributed by atoms with E-state index in [-0.39, 0.29) is 23.8 Å². The van der Waals surface area contributed by atoms with Gasteiger partial charge in [-0.3, -0.25) is 14.6 Å². The molecule has 3 aromatic carbocycles. The van der Waals surface area contributed by atoms with E-state index in [4.69, 9.17) is 35.8 Å². The minimum atomic E-state index is -1.35. The maximum absolute atomic E-state index is 11.8. The van der Waals surface area contributed by atoms with Crippen molar-refractivity contribution in [2.24, 2.45) is 0 Å². The van der Waals surface area contributed by atoms with Crippen LogP contribution in [0.5, 0.6) is 17.2 Å². The number of likely N-dealkylation sites (tertiary alicyclic amines) is 1. The average Bonchev–Trinajstić information content (AvgIpc) is 3.11. The Labute approximate surface area is 290 Å². The minimum Gasteiger partial charge on any atom is -0.493 e. The zero-order valence-corrected chi connectivity index (χ0v) is 28.2. The third kappa shape index (κ3) is 8.95. The van der Waals surface area contributed by atoms with Crippen LogP contribution in [0.2, 0.25) is 5.02 Å². The Morgan fingerprint density at radius 1 is 0.939 bits per heavy atom. The maximum Gasteiger partial charge on any atom is 0.295 e. The average molecular weight is 684 g/mol. The first-order valence-electron chi connectivity index (χ1n) is 16.0. The molecule has 0 bridgehead atoms. The third-order valence-corrected chi connectivity index (χ3v) is 8.99. The van der Waals surface area contributed by atoms with E-state index >= 15 is 0 Å². The summed E-state index contributed by atoms with van der Waals surface area (Å²) in [6.45, 7) is 7.42. The molecule has 1 fully saturated rings. The molecule has 49 heavy (non-hydrogen) atoms. The standard InChI is InChI=1S/C38H38ClN3O7/c1-26-30(24-48-37-18-36(31(22-43)17-34(37)39)47-23-29-16-28(19-40)20-41-21-29)6-3-7-32(26)33-8-4-9-35(27(33)2)46-15-5-12-42-13-10-38(45,11-14-42)49-25-44/h3-4,6-9,16-18,20-22,25,45H,5,10-15,23-24H2,1-2H3. The van der Waals surface area contributed by atoms with Crippen LogP contribution in [0.25, 0.3) is 11.1 Å². The van der Waals surface area contributed by atoms with Crippen LogP contribution in [0.1, 0.15) is 57.4 Å². The molecule has 0 aliphatic carbocycles. The van der Waals surface area contributed by atoms with Gasteiger partial charge in [0.1, 0.15) is 36.5 Å². The summed E-state index contributed by atoms with van der Waals surface area (Å²) in [5, 5.41) is 19.7. The number of ether oxygens (including phenoxy) is 4. The molecular formula is C38H38ClN3O7. The summed E-state index contributed by atoms with van der Waals surface area (Å²) < 4.78 is 23.1. The lowest BCUT2D eigenvalue weighted by Crippen LogP contribution is -2.46. The summed E-state index contributed by atoms with van der Waals surface area (Å²) in [7, 11) is 0. The number of pyridine rings is 1. The van der Waals surface area contributed by atoms with E-state index in [1.165, 1.54) is 12.3 Å². The summed E-state index contributed by atoms with van der Waals surface area (Å²) in [6, 6.07) is 18.9. The number of nitriles is 1. The summed E-state index contributed by atoms with van der Waals surface area (Å²) in [6.07, 6.45) is 5.34. The minimum absolute atomic E-state index is 0.108. The summed E-state index contributed by atoms with van der Waals surface area (Å²) in [4.78, 5) is 28.7. The number of aldehydes is 1. The van der Waals surface area contributed by atoms with Crippen LogP contribution in [0.15, 0.2) is 67.0 Å². The molecule has 11 heteroatoms.